The fourth-order valence-corrected chi connectivity index (χ4v) is 4.40. The monoisotopic (exact) mass is 290 g/mol. The molecule has 2 bridgehead atoms. The third-order valence-corrected chi connectivity index (χ3v) is 5.40. The van der Waals surface area contributed by atoms with Gasteiger partial charge in [-0.1, -0.05) is 13.3 Å². The minimum Gasteiger partial charge on any atom is -0.314 e. The first-order chi connectivity index (χ1) is 9.48. The van der Waals surface area contributed by atoms with E-state index in [-0.39, 0.29) is 12.1 Å². The number of hydrogen-bond donors (Lipinski definition) is 1. The first-order valence-electron chi connectivity index (χ1n) is 8.06. The van der Waals surface area contributed by atoms with Crippen molar-refractivity contribution in [2.75, 3.05) is 6.54 Å². The third-order valence-electron chi connectivity index (χ3n) is 5.40. The normalized spacial score (nSPS) is 36.9. The third kappa shape index (κ3) is 2.37. The van der Waals surface area contributed by atoms with Gasteiger partial charge in [0.25, 0.3) is 0 Å². The largest absolute Gasteiger partial charge is 0.406 e. The van der Waals surface area contributed by atoms with Gasteiger partial charge in [0.1, 0.15) is 5.54 Å². The van der Waals surface area contributed by atoms with Crippen molar-refractivity contribution in [1.82, 2.24) is 10.2 Å². The molecule has 3 aliphatic rings. The van der Waals surface area contributed by atoms with Crippen LogP contribution in [-0.2, 0) is 0 Å². The lowest BCUT2D eigenvalue weighted by Gasteiger charge is -2.53. The number of nitrogens with zero attached hydrogens (tertiary/aromatic N) is 1. The van der Waals surface area contributed by atoms with Crippen LogP contribution in [-0.4, -0.2) is 41.3 Å². The van der Waals surface area contributed by atoms with Gasteiger partial charge in [-0.05, 0) is 51.5 Å². The van der Waals surface area contributed by atoms with Crippen molar-refractivity contribution in [2.45, 2.75) is 88.1 Å². The Morgan fingerprint density at radius 2 is 1.75 bits per heavy atom. The Balaban J connectivity index is 1.74. The van der Waals surface area contributed by atoms with Crippen molar-refractivity contribution in [3.8, 4) is 0 Å². The Labute approximate surface area is 119 Å². The lowest BCUT2D eigenvalue weighted by molar-refractivity contribution is -0.220. The first-order valence-corrected chi connectivity index (χ1v) is 8.06. The fraction of sp³-hybridized carbons (Fsp3) is 1.00. The van der Waals surface area contributed by atoms with Crippen molar-refractivity contribution in [2.24, 2.45) is 0 Å². The molecule has 2 atom stereocenters. The number of fused-ring (bicyclic) bond motifs is 2. The highest BCUT2D eigenvalue weighted by molar-refractivity contribution is 5.15. The highest BCUT2D eigenvalue weighted by Gasteiger charge is 2.69. The minimum absolute atomic E-state index is 0.140. The molecule has 3 rings (SSSR count). The van der Waals surface area contributed by atoms with E-state index in [0.29, 0.717) is 18.9 Å². The van der Waals surface area contributed by atoms with Gasteiger partial charge in [-0.3, -0.25) is 4.90 Å². The molecular weight excluding hydrogens is 265 g/mol. The first kappa shape index (κ1) is 14.6. The molecule has 3 fully saturated rings. The Morgan fingerprint density at radius 1 is 1.15 bits per heavy atom. The minimum atomic E-state index is -4.05. The maximum absolute atomic E-state index is 13.4. The van der Waals surface area contributed by atoms with Gasteiger partial charge in [-0.25, -0.2) is 0 Å². The summed E-state index contributed by atoms with van der Waals surface area (Å²) < 4.78 is 40.3. The van der Waals surface area contributed by atoms with Crippen LogP contribution in [0.15, 0.2) is 0 Å². The van der Waals surface area contributed by atoms with Gasteiger partial charge in [0.05, 0.1) is 0 Å². The SMILES string of the molecule is CCCNC1CC2CCCC(C1)N2C1(C(F)(F)F)CC1. The number of halogens is 3. The number of rotatable bonds is 4. The maximum Gasteiger partial charge on any atom is 0.406 e. The van der Waals surface area contributed by atoms with Crippen LogP contribution in [0.1, 0.15) is 58.3 Å². The van der Waals surface area contributed by atoms with E-state index in [0.717, 1.165) is 45.1 Å². The van der Waals surface area contributed by atoms with E-state index < -0.39 is 11.7 Å². The Kier molecular flexibility index (Phi) is 3.78. The quantitative estimate of drug-likeness (QED) is 0.853. The lowest BCUT2D eigenvalue weighted by atomic mass is 9.80. The van der Waals surface area contributed by atoms with E-state index in [1.807, 2.05) is 4.90 Å². The van der Waals surface area contributed by atoms with Gasteiger partial charge in [0, 0.05) is 18.1 Å². The zero-order valence-electron chi connectivity index (χ0n) is 12.2. The van der Waals surface area contributed by atoms with Crippen LogP contribution < -0.4 is 5.32 Å². The maximum atomic E-state index is 13.4. The second kappa shape index (κ2) is 5.16. The standard InChI is InChI=1S/C15H25F3N2/c1-2-8-19-11-9-12-4-3-5-13(10-11)20(12)14(6-7-14)15(16,17)18/h11-13,19H,2-10H2,1H3. The van der Waals surface area contributed by atoms with E-state index in [4.69, 9.17) is 0 Å². The molecule has 0 spiro atoms. The smallest absolute Gasteiger partial charge is 0.314 e. The molecule has 1 saturated carbocycles. The van der Waals surface area contributed by atoms with Crippen molar-refractivity contribution < 1.29 is 13.2 Å². The van der Waals surface area contributed by atoms with E-state index in [9.17, 15) is 13.2 Å². The van der Waals surface area contributed by atoms with Crippen LogP contribution in [0.3, 0.4) is 0 Å². The Hall–Kier alpha value is -0.290. The van der Waals surface area contributed by atoms with Crippen LogP contribution >= 0.6 is 0 Å². The summed E-state index contributed by atoms with van der Waals surface area (Å²) >= 11 is 0. The molecule has 2 unspecified atom stereocenters. The molecule has 1 N–H and O–H groups in total. The van der Waals surface area contributed by atoms with Gasteiger partial charge < -0.3 is 5.32 Å². The van der Waals surface area contributed by atoms with Crippen LogP contribution in [0.5, 0.6) is 0 Å². The predicted molar refractivity (Wildman–Crippen MR) is 72.6 cm³/mol. The molecule has 0 aromatic heterocycles. The molecule has 2 nitrogen and oxygen atoms in total. The summed E-state index contributed by atoms with van der Waals surface area (Å²) in [5, 5.41) is 3.52. The summed E-state index contributed by atoms with van der Waals surface area (Å²) in [7, 11) is 0. The lowest BCUT2D eigenvalue weighted by Crippen LogP contribution is -2.64. The molecule has 0 amide bonds. The fourth-order valence-electron chi connectivity index (χ4n) is 4.40. The predicted octanol–water partition coefficient (Wildman–Crippen LogP) is 3.47. The molecule has 2 saturated heterocycles. The van der Waals surface area contributed by atoms with Crippen molar-refractivity contribution in [3.63, 3.8) is 0 Å². The van der Waals surface area contributed by atoms with Crippen molar-refractivity contribution in [3.05, 3.63) is 0 Å². The average Bonchev–Trinajstić information content (AvgIpc) is 3.15. The van der Waals surface area contributed by atoms with E-state index >= 15 is 0 Å². The van der Waals surface area contributed by atoms with E-state index in [2.05, 4.69) is 12.2 Å². The highest BCUT2D eigenvalue weighted by atomic mass is 19.4. The van der Waals surface area contributed by atoms with Gasteiger partial charge in [-0.15, -0.1) is 0 Å². The summed E-state index contributed by atoms with van der Waals surface area (Å²) in [6, 6.07) is 0.701. The highest BCUT2D eigenvalue weighted by Crippen LogP contribution is 2.58. The van der Waals surface area contributed by atoms with Crippen LogP contribution in [0, 0.1) is 0 Å². The van der Waals surface area contributed by atoms with Gasteiger partial charge in [-0.2, -0.15) is 13.2 Å². The van der Waals surface area contributed by atoms with E-state index in [1.165, 1.54) is 0 Å². The van der Waals surface area contributed by atoms with Gasteiger partial charge in [0.15, 0.2) is 0 Å². The molecule has 116 valence electrons. The van der Waals surface area contributed by atoms with Gasteiger partial charge in [0.2, 0.25) is 0 Å². The molecule has 1 aliphatic carbocycles. The second-order valence-corrected chi connectivity index (χ2v) is 6.80. The number of piperidine rings is 2. The molecule has 2 aliphatic heterocycles. The molecular formula is C15H25F3N2. The van der Waals surface area contributed by atoms with Crippen molar-refractivity contribution >= 4 is 0 Å². The number of nitrogens with one attached hydrogen (secondary N) is 1. The molecule has 0 radical (unpaired) electrons. The molecule has 5 heteroatoms. The summed E-state index contributed by atoms with van der Waals surface area (Å²) in [4.78, 5) is 1.89. The number of alkyl halides is 3. The summed E-state index contributed by atoms with van der Waals surface area (Å²) in [6.07, 6.45) is 2.44. The Bertz CT molecular complexity index is 338. The Morgan fingerprint density at radius 3 is 2.20 bits per heavy atom. The number of hydrogen-bond acceptors (Lipinski definition) is 2. The topological polar surface area (TPSA) is 15.3 Å². The second-order valence-electron chi connectivity index (χ2n) is 6.80. The molecule has 20 heavy (non-hydrogen) atoms. The van der Waals surface area contributed by atoms with Crippen molar-refractivity contribution in [1.29, 1.82) is 0 Å². The average molecular weight is 290 g/mol. The molecule has 0 aromatic carbocycles. The van der Waals surface area contributed by atoms with Crippen LogP contribution in [0.2, 0.25) is 0 Å². The van der Waals surface area contributed by atoms with Crippen LogP contribution in [0.25, 0.3) is 0 Å². The zero-order valence-corrected chi connectivity index (χ0v) is 12.2. The summed E-state index contributed by atoms with van der Waals surface area (Å²) in [6.45, 7) is 3.11. The molecule has 2 heterocycles. The van der Waals surface area contributed by atoms with Gasteiger partial charge >= 0.3 is 6.18 Å². The van der Waals surface area contributed by atoms with Crippen LogP contribution in [0.4, 0.5) is 13.2 Å². The summed E-state index contributed by atoms with van der Waals surface area (Å²) in [5.74, 6) is 0. The summed E-state index contributed by atoms with van der Waals surface area (Å²) in [5.41, 5.74) is -1.46. The van der Waals surface area contributed by atoms with E-state index in [1.54, 1.807) is 0 Å². The molecule has 0 aromatic rings. The zero-order chi connectivity index (χ0) is 14.4.